The Bertz CT molecular complexity index is 979. The quantitative estimate of drug-likeness (QED) is 0.300. The maximum Gasteiger partial charge on any atom is 0.329 e. The Labute approximate surface area is 182 Å². The molecule has 0 aromatic heterocycles. The van der Waals surface area contributed by atoms with Crippen LogP contribution in [0.25, 0.3) is 0 Å². The van der Waals surface area contributed by atoms with Crippen molar-refractivity contribution in [3.05, 3.63) is 47.0 Å². The Kier molecular flexibility index (Phi) is 5.53. The van der Waals surface area contributed by atoms with E-state index < -0.39 is 42.3 Å². The molecule has 1 aromatic rings. The van der Waals surface area contributed by atoms with Gasteiger partial charge in [0, 0.05) is 0 Å². The summed E-state index contributed by atoms with van der Waals surface area (Å²) in [5.41, 5.74) is 4.44. The largest absolute Gasteiger partial charge is 0.454 e. The number of allylic oxidation sites excluding steroid dienone is 2. The Morgan fingerprint density at radius 1 is 1.10 bits per heavy atom. The number of likely N-dealkylation sites (tertiary alicyclic amines) is 1. The summed E-state index contributed by atoms with van der Waals surface area (Å²) in [5.74, 6) is -3.81. The average Bonchev–Trinajstić information content (AvgIpc) is 3.43. The van der Waals surface area contributed by atoms with Gasteiger partial charge in [-0.15, -0.1) is 0 Å². The number of fused-ring (bicyclic) bond motifs is 5. The molecule has 9 nitrogen and oxygen atoms in total. The van der Waals surface area contributed by atoms with Crippen molar-refractivity contribution in [3.8, 4) is 0 Å². The lowest BCUT2D eigenvalue weighted by molar-refractivity contribution is -0.160. The van der Waals surface area contributed by atoms with Crippen molar-refractivity contribution in [2.75, 3.05) is 6.61 Å². The van der Waals surface area contributed by atoms with E-state index in [9.17, 15) is 24.0 Å². The number of hydrogen-bond donors (Lipinski definition) is 2. The molecule has 2 bridgehead atoms. The predicted molar refractivity (Wildman–Crippen MR) is 107 cm³/mol. The highest BCUT2D eigenvalue weighted by Gasteiger charge is 2.60. The third kappa shape index (κ3) is 3.69. The van der Waals surface area contributed by atoms with Gasteiger partial charge in [0.1, 0.15) is 6.04 Å². The summed E-state index contributed by atoms with van der Waals surface area (Å²) in [6.45, 7) is 0.702. The lowest BCUT2D eigenvalue weighted by atomic mass is 9.85. The van der Waals surface area contributed by atoms with Crippen LogP contribution < -0.4 is 10.9 Å². The fourth-order valence-corrected chi connectivity index (χ4v) is 4.77. The number of esters is 1. The fraction of sp³-hybridized carbons (Fsp3) is 0.381. The molecule has 1 aromatic carbocycles. The van der Waals surface area contributed by atoms with Gasteiger partial charge in [-0.25, -0.2) is 4.79 Å². The summed E-state index contributed by atoms with van der Waals surface area (Å²) in [5, 5.41) is 0.211. The van der Waals surface area contributed by atoms with Gasteiger partial charge in [0.25, 0.3) is 11.8 Å². The molecule has 10 heteroatoms. The van der Waals surface area contributed by atoms with Gasteiger partial charge >= 0.3 is 5.97 Å². The van der Waals surface area contributed by atoms with Gasteiger partial charge in [-0.2, -0.15) is 0 Å². The van der Waals surface area contributed by atoms with E-state index in [0.29, 0.717) is 0 Å². The molecule has 31 heavy (non-hydrogen) atoms. The van der Waals surface area contributed by atoms with E-state index in [1.54, 1.807) is 12.1 Å². The maximum absolute atomic E-state index is 12.7. The molecule has 4 amide bonds. The summed E-state index contributed by atoms with van der Waals surface area (Å²) >= 11 is 5.91. The monoisotopic (exact) mass is 445 g/mol. The lowest BCUT2D eigenvalue weighted by Crippen LogP contribution is -2.47. The minimum absolute atomic E-state index is 0.0344. The van der Waals surface area contributed by atoms with E-state index in [0.717, 1.165) is 11.3 Å². The molecular formula is C21H20ClN3O6. The molecule has 1 aliphatic heterocycles. The van der Waals surface area contributed by atoms with Crippen molar-refractivity contribution < 1.29 is 28.7 Å². The van der Waals surface area contributed by atoms with Crippen LogP contribution in [0.1, 0.15) is 23.7 Å². The van der Waals surface area contributed by atoms with Crippen molar-refractivity contribution in [2.45, 2.75) is 19.4 Å². The number of carbonyl (C=O) groups excluding carboxylic acids is 5. The van der Waals surface area contributed by atoms with Crippen LogP contribution in [0.15, 0.2) is 36.4 Å². The van der Waals surface area contributed by atoms with Crippen LogP contribution in [0.2, 0.25) is 5.02 Å². The third-order valence-electron chi connectivity index (χ3n) is 6.01. The third-order valence-corrected chi connectivity index (χ3v) is 6.34. The van der Waals surface area contributed by atoms with Crippen molar-refractivity contribution >= 4 is 41.2 Å². The van der Waals surface area contributed by atoms with Crippen LogP contribution in [0, 0.1) is 23.7 Å². The van der Waals surface area contributed by atoms with Gasteiger partial charge in [0.05, 0.1) is 22.4 Å². The Balaban J connectivity index is 1.27. The van der Waals surface area contributed by atoms with E-state index in [-0.39, 0.29) is 34.2 Å². The standard InChI is InChI=1S/C21H20ClN3O6/c1-10(25-19(28)16-11-6-7-12(8-11)17(16)20(25)29)21(30)31-9-15(26)23-24-18(27)13-4-2-3-5-14(13)22/h2-7,10-12,16-17H,8-9H2,1H3,(H,23,26)(H,24,27)/t10-,11-,12-,16-,17+/m0/s1. The SMILES string of the molecule is C[C@@H](C(=O)OCC(=O)NNC(=O)c1ccccc1Cl)N1C(=O)[C@@H]2[C@H](C1=O)[C@H]1C=C[C@H]2C1. The number of nitrogens with zero attached hydrogens (tertiary/aromatic N) is 1. The summed E-state index contributed by atoms with van der Waals surface area (Å²) in [7, 11) is 0. The number of hydrogen-bond acceptors (Lipinski definition) is 6. The van der Waals surface area contributed by atoms with E-state index in [1.807, 2.05) is 12.2 Å². The first-order valence-corrected chi connectivity index (χ1v) is 10.2. The Morgan fingerprint density at radius 2 is 1.71 bits per heavy atom. The molecule has 2 fully saturated rings. The minimum Gasteiger partial charge on any atom is -0.454 e. The van der Waals surface area contributed by atoms with Crippen LogP contribution in [-0.4, -0.2) is 47.1 Å². The number of halogens is 1. The molecule has 0 unspecified atom stereocenters. The van der Waals surface area contributed by atoms with Crippen molar-refractivity contribution in [1.82, 2.24) is 15.8 Å². The smallest absolute Gasteiger partial charge is 0.329 e. The number of imide groups is 1. The molecule has 1 heterocycles. The zero-order valence-corrected chi connectivity index (χ0v) is 17.3. The number of carbonyl (C=O) groups is 5. The molecule has 1 saturated heterocycles. The highest BCUT2D eigenvalue weighted by molar-refractivity contribution is 6.33. The zero-order chi connectivity index (χ0) is 22.3. The topological polar surface area (TPSA) is 122 Å². The van der Waals surface area contributed by atoms with Gasteiger partial charge < -0.3 is 4.74 Å². The molecular weight excluding hydrogens is 426 g/mol. The summed E-state index contributed by atoms with van der Waals surface area (Å²) in [6, 6.07) is 5.13. The molecule has 162 valence electrons. The van der Waals surface area contributed by atoms with Gasteiger partial charge in [0.2, 0.25) is 11.8 Å². The van der Waals surface area contributed by atoms with Gasteiger partial charge in [-0.3, -0.25) is 34.9 Å². The predicted octanol–water partition coefficient (Wildman–Crippen LogP) is 0.840. The van der Waals surface area contributed by atoms with Crippen LogP contribution in [0.3, 0.4) is 0 Å². The summed E-state index contributed by atoms with van der Waals surface area (Å²) in [6.07, 6.45) is 4.72. The second-order valence-corrected chi connectivity index (χ2v) is 8.22. The van der Waals surface area contributed by atoms with Crippen molar-refractivity contribution in [1.29, 1.82) is 0 Å². The van der Waals surface area contributed by atoms with E-state index in [1.165, 1.54) is 19.1 Å². The average molecular weight is 446 g/mol. The summed E-state index contributed by atoms with van der Waals surface area (Å²) < 4.78 is 4.94. The first kappa shape index (κ1) is 21.0. The van der Waals surface area contributed by atoms with Gasteiger partial charge in [-0.05, 0) is 37.3 Å². The van der Waals surface area contributed by atoms with Crippen LogP contribution in [0.4, 0.5) is 0 Å². The zero-order valence-electron chi connectivity index (χ0n) is 16.5. The lowest BCUT2D eigenvalue weighted by Gasteiger charge is -2.23. The van der Waals surface area contributed by atoms with Crippen molar-refractivity contribution in [2.24, 2.45) is 23.7 Å². The molecule has 3 aliphatic rings. The summed E-state index contributed by atoms with van der Waals surface area (Å²) in [4.78, 5) is 62.7. The maximum atomic E-state index is 12.7. The van der Waals surface area contributed by atoms with Crippen LogP contribution in [-0.2, 0) is 23.9 Å². The van der Waals surface area contributed by atoms with E-state index >= 15 is 0 Å². The second kappa shape index (κ2) is 8.14. The number of rotatable bonds is 5. The van der Waals surface area contributed by atoms with Gasteiger partial charge in [0.15, 0.2) is 6.61 Å². The minimum atomic E-state index is -1.14. The Morgan fingerprint density at radius 3 is 2.32 bits per heavy atom. The van der Waals surface area contributed by atoms with E-state index in [2.05, 4.69) is 10.9 Å². The first-order chi connectivity index (χ1) is 14.8. The highest BCUT2D eigenvalue weighted by atomic mass is 35.5. The van der Waals surface area contributed by atoms with Crippen LogP contribution in [0.5, 0.6) is 0 Å². The van der Waals surface area contributed by atoms with Crippen LogP contribution >= 0.6 is 11.6 Å². The Hall–Kier alpha value is -3.20. The van der Waals surface area contributed by atoms with Gasteiger partial charge in [-0.1, -0.05) is 35.9 Å². The molecule has 2 aliphatic carbocycles. The normalized spacial score (nSPS) is 26.6. The highest BCUT2D eigenvalue weighted by Crippen LogP contribution is 2.52. The number of hydrazine groups is 1. The molecule has 2 N–H and O–H groups in total. The second-order valence-electron chi connectivity index (χ2n) is 7.81. The number of benzene rings is 1. The molecule has 4 rings (SSSR count). The molecule has 0 radical (unpaired) electrons. The molecule has 5 atom stereocenters. The number of amides is 4. The molecule has 0 spiro atoms. The molecule has 1 saturated carbocycles. The first-order valence-electron chi connectivity index (χ1n) is 9.85. The number of ether oxygens (including phenoxy) is 1. The van der Waals surface area contributed by atoms with Crippen molar-refractivity contribution in [3.63, 3.8) is 0 Å². The number of nitrogens with one attached hydrogen (secondary N) is 2. The fourth-order valence-electron chi connectivity index (χ4n) is 4.55. The van der Waals surface area contributed by atoms with E-state index in [4.69, 9.17) is 16.3 Å².